The number of aliphatic imine (C=N–C) groups is 1. The van der Waals surface area contributed by atoms with E-state index in [0.717, 1.165) is 27.6 Å². The van der Waals surface area contributed by atoms with Crippen LogP contribution in [0.5, 0.6) is 0 Å². The molecule has 12 rings (SSSR count). The van der Waals surface area contributed by atoms with Crippen molar-refractivity contribution < 1.29 is 0 Å². The Hall–Kier alpha value is -7.44. The third kappa shape index (κ3) is 6.56. The van der Waals surface area contributed by atoms with Crippen molar-refractivity contribution in [3.8, 4) is 22.5 Å². The zero-order valence-electron chi connectivity index (χ0n) is 34.5. The highest BCUT2D eigenvalue weighted by atomic mass is 32.2. The van der Waals surface area contributed by atoms with Crippen LogP contribution in [0.25, 0.3) is 86.3 Å². The van der Waals surface area contributed by atoms with Gasteiger partial charge in [0, 0.05) is 68.5 Å². The second-order valence-corrected chi connectivity index (χ2v) is 17.8. The van der Waals surface area contributed by atoms with Crippen LogP contribution in [0.2, 0.25) is 0 Å². The lowest BCUT2D eigenvalue weighted by Gasteiger charge is -2.13. The van der Waals surface area contributed by atoms with Crippen molar-refractivity contribution in [3.63, 3.8) is 0 Å². The molecule has 5 heteroatoms. The molecule has 1 aliphatic rings. The Morgan fingerprint density at radius 3 is 1.73 bits per heavy atom. The lowest BCUT2D eigenvalue weighted by atomic mass is 9.95. The van der Waals surface area contributed by atoms with E-state index in [9.17, 15) is 0 Å². The molecular weight excluding hydrogens is 803 g/mol. The summed E-state index contributed by atoms with van der Waals surface area (Å²) in [5.74, 6) is 0. The second-order valence-electron chi connectivity index (χ2n) is 15.6. The zero-order valence-corrected chi connectivity index (χ0v) is 36.2. The Morgan fingerprint density at radius 1 is 0.492 bits per heavy atom. The van der Waals surface area contributed by atoms with Gasteiger partial charge >= 0.3 is 0 Å². The van der Waals surface area contributed by atoms with Crippen LogP contribution in [0, 0.1) is 0 Å². The van der Waals surface area contributed by atoms with Gasteiger partial charge < -0.3 is 9.13 Å². The summed E-state index contributed by atoms with van der Waals surface area (Å²) in [6.07, 6.45) is 7.54. The third-order valence-electron chi connectivity index (χ3n) is 11.9. The van der Waals surface area contributed by atoms with Gasteiger partial charge in [0.1, 0.15) is 0 Å². The molecule has 0 spiro atoms. The van der Waals surface area contributed by atoms with Crippen LogP contribution in [-0.2, 0) is 6.54 Å². The molecule has 0 saturated carbocycles. The van der Waals surface area contributed by atoms with Crippen LogP contribution < -0.4 is 0 Å². The van der Waals surface area contributed by atoms with E-state index in [2.05, 4.69) is 217 Å². The van der Waals surface area contributed by atoms with E-state index in [1.165, 1.54) is 85.4 Å². The van der Waals surface area contributed by atoms with E-state index in [4.69, 9.17) is 4.99 Å². The molecule has 11 aromatic rings. The number of aromatic nitrogens is 2. The normalized spacial score (nSPS) is 13.3. The molecule has 8 aromatic carbocycles. The van der Waals surface area contributed by atoms with Gasteiger partial charge in [-0.15, -0.1) is 11.3 Å². The number of para-hydroxylation sites is 3. The number of allylic oxidation sites excluding steroid dienone is 4. The molecule has 4 heterocycles. The van der Waals surface area contributed by atoms with E-state index in [1.54, 1.807) is 23.9 Å². The molecule has 0 aliphatic carbocycles. The van der Waals surface area contributed by atoms with Crippen LogP contribution in [0.3, 0.4) is 0 Å². The number of thioether (sulfide) groups is 1. The Balaban J connectivity index is 0.00000107. The first-order chi connectivity index (χ1) is 31.1. The van der Waals surface area contributed by atoms with Crippen molar-refractivity contribution in [3.05, 3.63) is 236 Å². The molecule has 0 fully saturated rings. The minimum atomic E-state index is 0.556. The van der Waals surface area contributed by atoms with Crippen molar-refractivity contribution in [2.75, 3.05) is 0 Å². The van der Waals surface area contributed by atoms with E-state index in [1.807, 2.05) is 11.3 Å². The van der Waals surface area contributed by atoms with Crippen molar-refractivity contribution in [1.82, 2.24) is 9.13 Å². The Kier molecular flexibility index (Phi) is 9.84. The van der Waals surface area contributed by atoms with Gasteiger partial charge in [-0.1, -0.05) is 159 Å². The fourth-order valence-electron chi connectivity index (χ4n) is 9.24. The predicted molar refractivity (Wildman–Crippen MR) is 275 cm³/mol. The highest BCUT2D eigenvalue weighted by Crippen LogP contribution is 2.45. The lowest BCUT2D eigenvalue weighted by molar-refractivity contribution is 1.02. The van der Waals surface area contributed by atoms with Gasteiger partial charge in [0.15, 0.2) is 0 Å². The van der Waals surface area contributed by atoms with E-state index in [-0.39, 0.29) is 0 Å². The van der Waals surface area contributed by atoms with Gasteiger partial charge in [-0.2, -0.15) is 0 Å². The zero-order chi connectivity index (χ0) is 42.4. The van der Waals surface area contributed by atoms with E-state index < -0.39 is 0 Å². The van der Waals surface area contributed by atoms with Gasteiger partial charge in [0.2, 0.25) is 0 Å². The molecule has 0 unspecified atom stereocenters. The quantitative estimate of drug-likeness (QED) is 0.158. The van der Waals surface area contributed by atoms with E-state index >= 15 is 0 Å². The Labute approximate surface area is 374 Å². The SMILES string of the molecule is C=C1/C=C\C(c2cccc3c2sc2ccccc23)=NCc2cc(-n3c4ccccc4c4c(-c5cccc6c5c5ccccc5n6-c5ccccc5)cccc43)ccc2S1.C=CC=C. The molecule has 0 atom stereocenters. The second kappa shape index (κ2) is 16.1. The van der Waals surface area contributed by atoms with Crippen LogP contribution in [0.15, 0.2) is 235 Å². The van der Waals surface area contributed by atoms with Crippen LogP contribution in [0.1, 0.15) is 11.1 Å². The largest absolute Gasteiger partial charge is 0.309 e. The average Bonchev–Trinajstić information content (AvgIpc) is 4.01. The van der Waals surface area contributed by atoms with Crippen LogP contribution in [-0.4, -0.2) is 14.8 Å². The summed E-state index contributed by atoms with van der Waals surface area (Å²) in [6, 6.07) is 64.0. The minimum absolute atomic E-state index is 0.556. The number of nitrogens with zero attached hydrogens (tertiary/aromatic N) is 3. The highest BCUT2D eigenvalue weighted by Gasteiger charge is 2.21. The summed E-state index contributed by atoms with van der Waals surface area (Å²) in [6.45, 7) is 11.7. The van der Waals surface area contributed by atoms with Crippen molar-refractivity contribution in [2.45, 2.75) is 11.4 Å². The number of hydrogen-bond donors (Lipinski definition) is 0. The lowest BCUT2D eigenvalue weighted by Crippen LogP contribution is -2.00. The van der Waals surface area contributed by atoms with Crippen LogP contribution >= 0.6 is 23.1 Å². The topological polar surface area (TPSA) is 22.2 Å². The molecule has 3 nitrogen and oxygen atoms in total. The number of fused-ring (bicyclic) bond motifs is 10. The van der Waals surface area contributed by atoms with Gasteiger partial charge in [-0.3, -0.25) is 4.99 Å². The molecular formula is C58H41N3S2. The van der Waals surface area contributed by atoms with Gasteiger partial charge in [0.25, 0.3) is 0 Å². The Morgan fingerprint density at radius 2 is 1.05 bits per heavy atom. The molecule has 3 aromatic heterocycles. The summed E-state index contributed by atoms with van der Waals surface area (Å²) in [7, 11) is 0. The molecule has 300 valence electrons. The molecule has 1 aliphatic heterocycles. The van der Waals surface area contributed by atoms with Crippen LogP contribution in [0.4, 0.5) is 0 Å². The summed E-state index contributed by atoms with van der Waals surface area (Å²) in [5, 5.41) is 7.56. The van der Waals surface area contributed by atoms with Crippen molar-refractivity contribution >= 4 is 92.6 Å². The van der Waals surface area contributed by atoms with Gasteiger partial charge in [-0.25, -0.2) is 0 Å². The monoisotopic (exact) mass is 843 g/mol. The smallest absolute Gasteiger partial charge is 0.0665 e. The molecule has 0 bridgehead atoms. The fraction of sp³-hybridized carbons (Fsp3) is 0.0172. The molecule has 0 amide bonds. The number of hydrogen-bond acceptors (Lipinski definition) is 3. The summed E-state index contributed by atoms with van der Waals surface area (Å²) in [5.41, 5.74) is 12.8. The van der Waals surface area contributed by atoms with E-state index in [0.29, 0.717) is 6.54 Å². The first-order valence-electron chi connectivity index (χ1n) is 21.1. The standard InChI is InChI=1S/C54H35N3S2.C4H6/c1-34-28-30-45(42-22-11-21-41-38-16-7-10-27-51(38)59-54(41)42)55-33-35-32-37(29-31-50(35)58-34)57-47-24-9-6-18-44(47)53-40(20-13-26-49(53)57)39-19-12-25-48-52(39)43-17-5-8-23-46(43)56(48)36-14-3-2-4-15-36;1-3-4-2/h2-32H,1,33H2;3-4H,1-2H2/b30-28-,55-45?;. The first kappa shape index (κ1) is 38.5. The third-order valence-corrected chi connectivity index (χ3v) is 14.2. The number of rotatable bonds is 5. The van der Waals surface area contributed by atoms with Gasteiger partial charge in [0.05, 0.1) is 34.3 Å². The van der Waals surface area contributed by atoms with Gasteiger partial charge in [-0.05, 0) is 89.5 Å². The highest BCUT2D eigenvalue weighted by molar-refractivity contribution is 8.03. The predicted octanol–water partition coefficient (Wildman–Crippen LogP) is 16.4. The number of benzene rings is 8. The first-order valence-corrected chi connectivity index (χ1v) is 22.7. The maximum absolute atomic E-state index is 5.36. The maximum atomic E-state index is 5.36. The van der Waals surface area contributed by atoms with Crippen molar-refractivity contribution in [2.24, 2.45) is 4.99 Å². The molecule has 0 radical (unpaired) electrons. The molecule has 0 saturated heterocycles. The maximum Gasteiger partial charge on any atom is 0.0665 e. The molecule has 63 heavy (non-hydrogen) atoms. The summed E-state index contributed by atoms with van der Waals surface area (Å²) in [4.78, 5) is 7.52. The minimum Gasteiger partial charge on any atom is -0.309 e. The summed E-state index contributed by atoms with van der Waals surface area (Å²) >= 11 is 3.56. The fourth-order valence-corrected chi connectivity index (χ4v) is 11.3. The average molecular weight is 844 g/mol. The molecule has 0 N–H and O–H groups in total. The Bertz CT molecular complexity index is 3680. The number of thiophene rings is 1. The van der Waals surface area contributed by atoms with Crippen molar-refractivity contribution in [1.29, 1.82) is 0 Å². The summed E-state index contributed by atoms with van der Waals surface area (Å²) < 4.78 is 7.40.